The minimum Gasteiger partial charge on any atom is -0.462 e. The van der Waals surface area contributed by atoms with Gasteiger partial charge >= 0.3 is 5.97 Å². The molecule has 1 N–H and O–H groups in total. The number of hydrogen-bond acceptors (Lipinski definition) is 5. The number of hydrogen-bond donors (Lipinski definition) is 1. The maximum absolute atomic E-state index is 12.9. The third-order valence-electron chi connectivity index (χ3n) is 4.82. The molecule has 2 aromatic carbocycles. The fourth-order valence-electron chi connectivity index (χ4n) is 3.49. The highest BCUT2D eigenvalue weighted by molar-refractivity contribution is 7.20. The molecule has 0 unspecified atom stereocenters. The van der Waals surface area contributed by atoms with Gasteiger partial charge in [0.05, 0.1) is 17.9 Å². The van der Waals surface area contributed by atoms with Crippen molar-refractivity contribution in [1.82, 2.24) is 9.97 Å². The summed E-state index contributed by atoms with van der Waals surface area (Å²) in [4.78, 5) is 33.9. The number of rotatable bonds is 5. The summed E-state index contributed by atoms with van der Waals surface area (Å²) in [6.45, 7) is 3.80. The van der Waals surface area contributed by atoms with Gasteiger partial charge in [-0.3, -0.25) is 4.79 Å². The first-order chi connectivity index (χ1) is 14.1. The molecule has 2 heterocycles. The largest absolute Gasteiger partial charge is 0.462 e. The maximum atomic E-state index is 12.9. The van der Waals surface area contributed by atoms with Crippen molar-refractivity contribution in [3.8, 4) is 0 Å². The number of nitrogens with zero attached hydrogens (tertiary/aromatic N) is 1. The fraction of sp³-hybridized carbons (Fsp3) is 0.174. The van der Waals surface area contributed by atoms with Crippen LogP contribution >= 0.6 is 11.3 Å². The van der Waals surface area contributed by atoms with Crippen LogP contribution in [0.3, 0.4) is 0 Å². The summed E-state index contributed by atoms with van der Waals surface area (Å²) >= 11 is 1.20. The summed E-state index contributed by atoms with van der Waals surface area (Å²) in [5, 5.41) is 0.446. The topological polar surface area (TPSA) is 72.0 Å². The van der Waals surface area contributed by atoms with Crippen LogP contribution in [0.25, 0.3) is 10.2 Å². The van der Waals surface area contributed by atoms with Crippen LogP contribution in [-0.2, 0) is 4.74 Å². The lowest BCUT2D eigenvalue weighted by Gasteiger charge is -2.17. The number of thiophene rings is 1. The van der Waals surface area contributed by atoms with E-state index in [-0.39, 0.29) is 18.1 Å². The van der Waals surface area contributed by atoms with Crippen LogP contribution in [0.5, 0.6) is 0 Å². The minimum absolute atomic E-state index is 0.219. The van der Waals surface area contributed by atoms with E-state index in [1.54, 1.807) is 13.8 Å². The van der Waals surface area contributed by atoms with Crippen LogP contribution in [-0.4, -0.2) is 22.5 Å². The van der Waals surface area contributed by atoms with Gasteiger partial charge in [-0.2, -0.15) is 0 Å². The Balaban J connectivity index is 1.91. The zero-order chi connectivity index (χ0) is 20.4. The van der Waals surface area contributed by atoms with E-state index in [1.165, 1.54) is 11.3 Å². The molecular formula is C23H20N2O3S. The molecule has 0 aliphatic heterocycles. The first-order valence-corrected chi connectivity index (χ1v) is 10.2. The number of carbonyl (C=O) groups is 1. The minimum atomic E-state index is -0.420. The van der Waals surface area contributed by atoms with Gasteiger partial charge in [0.25, 0.3) is 5.56 Å². The molecule has 146 valence electrons. The van der Waals surface area contributed by atoms with Gasteiger partial charge in [-0.15, -0.1) is 11.3 Å². The molecule has 0 amide bonds. The average Bonchev–Trinajstić information content (AvgIpc) is 3.07. The van der Waals surface area contributed by atoms with Crippen molar-refractivity contribution in [3.05, 3.63) is 98.4 Å². The van der Waals surface area contributed by atoms with Crippen molar-refractivity contribution in [2.45, 2.75) is 19.8 Å². The predicted octanol–water partition coefficient (Wildman–Crippen LogP) is 4.65. The average molecular weight is 404 g/mol. The van der Waals surface area contributed by atoms with Crippen LogP contribution in [0.4, 0.5) is 0 Å². The van der Waals surface area contributed by atoms with Gasteiger partial charge in [0.15, 0.2) is 0 Å². The number of aryl methyl sites for hydroxylation is 1. The second kappa shape index (κ2) is 8.01. The first kappa shape index (κ1) is 19.1. The summed E-state index contributed by atoms with van der Waals surface area (Å²) in [5.74, 6) is -0.0869. The van der Waals surface area contributed by atoms with Gasteiger partial charge < -0.3 is 9.72 Å². The molecular weight excluding hydrogens is 384 g/mol. The van der Waals surface area contributed by atoms with E-state index in [9.17, 15) is 9.59 Å². The molecule has 2 aromatic heterocycles. The summed E-state index contributed by atoms with van der Waals surface area (Å²) in [6, 6.07) is 19.9. The molecule has 0 bridgehead atoms. The molecule has 0 spiro atoms. The molecule has 0 atom stereocenters. The zero-order valence-corrected chi connectivity index (χ0v) is 17.0. The van der Waals surface area contributed by atoms with Crippen molar-refractivity contribution in [2.24, 2.45) is 0 Å². The van der Waals surface area contributed by atoms with E-state index in [0.717, 1.165) is 11.1 Å². The highest BCUT2D eigenvalue weighted by Gasteiger charge is 2.24. The molecule has 0 fully saturated rings. The highest BCUT2D eigenvalue weighted by Crippen LogP contribution is 2.32. The first-order valence-electron chi connectivity index (χ1n) is 9.40. The Labute approximate surface area is 172 Å². The Kier molecular flexibility index (Phi) is 5.27. The third-order valence-corrected chi connectivity index (χ3v) is 5.98. The molecule has 4 aromatic rings. The quantitative estimate of drug-likeness (QED) is 0.492. The number of H-pyrrole nitrogens is 1. The monoisotopic (exact) mass is 404 g/mol. The second-order valence-electron chi connectivity index (χ2n) is 6.66. The zero-order valence-electron chi connectivity index (χ0n) is 16.1. The van der Waals surface area contributed by atoms with Crippen LogP contribution in [0.15, 0.2) is 65.5 Å². The lowest BCUT2D eigenvalue weighted by molar-refractivity contribution is 0.0531. The summed E-state index contributed by atoms with van der Waals surface area (Å²) in [6.07, 6.45) is 0. The normalized spacial score (nSPS) is 11.1. The molecule has 0 saturated carbocycles. The predicted molar refractivity (Wildman–Crippen MR) is 115 cm³/mol. The Bertz CT molecular complexity index is 1170. The van der Waals surface area contributed by atoms with E-state index in [4.69, 9.17) is 9.72 Å². The number of fused-ring (bicyclic) bond motifs is 1. The summed E-state index contributed by atoms with van der Waals surface area (Å²) in [7, 11) is 0. The Hall–Kier alpha value is -3.25. The molecule has 0 saturated heterocycles. The molecule has 0 aliphatic carbocycles. The molecule has 5 nitrogen and oxygen atoms in total. The third kappa shape index (κ3) is 3.59. The van der Waals surface area contributed by atoms with E-state index in [0.29, 0.717) is 26.5 Å². The van der Waals surface area contributed by atoms with Crippen LogP contribution in [0.2, 0.25) is 0 Å². The van der Waals surface area contributed by atoms with Gasteiger partial charge in [0.2, 0.25) is 0 Å². The van der Waals surface area contributed by atoms with Gasteiger partial charge in [0, 0.05) is 0 Å². The van der Waals surface area contributed by atoms with Crippen molar-refractivity contribution < 1.29 is 9.53 Å². The van der Waals surface area contributed by atoms with E-state index >= 15 is 0 Å². The summed E-state index contributed by atoms with van der Waals surface area (Å²) in [5.41, 5.74) is 2.42. The van der Waals surface area contributed by atoms with Crippen LogP contribution < -0.4 is 5.56 Å². The van der Waals surface area contributed by atoms with Crippen molar-refractivity contribution in [3.63, 3.8) is 0 Å². The van der Waals surface area contributed by atoms with Crippen molar-refractivity contribution in [2.75, 3.05) is 6.61 Å². The van der Waals surface area contributed by atoms with Gasteiger partial charge in [-0.1, -0.05) is 60.7 Å². The number of ether oxygens (including phenoxy) is 1. The number of aromatic amines is 1. The smallest absolute Gasteiger partial charge is 0.348 e. The number of esters is 1. The maximum Gasteiger partial charge on any atom is 0.348 e. The van der Waals surface area contributed by atoms with Crippen LogP contribution in [0.1, 0.15) is 45.0 Å². The standard InChI is InChI=1S/C23H20N2O3S/c1-3-28-23(27)19-14(2)17-21(26)24-20(25-22(17)29-19)18(15-10-6-4-7-11-15)16-12-8-5-9-13-16/h4-13,18H,3H2,1-2H3,(H,24,25,26). The highest BCUT2D eigenvalue weighted by atomic mass is 32.1. The molecule has 0 radical (unpaired) electrons. The van der Waals surface area contributed by atoms with Crippen LogP contribution in [0, 0.1) is 6.92 Å². The van der Waals surface area contributed by atoms with E-state index < -0.39 is 5.97 Å². The van der Waals surface area contributed by atoms with E-state index in [2.05, 4.69) is 4.98 Å². The SMILES string of the molecule is CCOC(=O)c1sc2nc(C(c3ccccc3)c3ccccc3)[nH]c(=O)c2c1C. The Morgan fingerprint density at radius 2 is 1.66 bits per heavy atom. The van der Waals surface area contributed by atoms with Gasteiger partial charge in [-0.05, 0) is 30.5 Å². The van der Waals surface area contributed by atoms with Gasteiger partial charge in [0.1, 0.15) is 15.5 Å². The number of nitrogens with one attached hydrogen (secondary N) is 1. The second-order valence-corrected chi connectivity index (χ2v) is 7.66. The summed E-state index contributed by atoms with van der Waals surface area (Å²) < 4.78 is 5.13. The Morgan fingerprint density at radius 3 is 2.21 bits per heavy atom. The molecule has 29 heavy (non-hydrogen) atoms. The van der Waals surface area contributed by atoms with Gasteiger partial charge in [-0.25, -0.2) is 9.78 Å². The van der Waals surface area contributed by atoms with E-state index in [1.807, 2.05) is 60.7 Å². The molecule has 4 rings (SSSR count). The number of aromatic nitrogens is 2. The molecule has 0 aliphatic rings. The fourth-order valence-corrected chi connectivity index (χ4v) is 4.57. The number of benzene rings is 2. The Morgan fingerprint density at radius 1 is 1.07 bits per heavy atom. The van der Waals surface area contributed by atoms with Crippen molar-refractivity contribution in [1.29, 1.82) is 0 Å². The lowest BCUT2D eigenvalue weighted by Crippen LogP contribution is -2.16. The molecule has 6 heteroatoms. The number of carbonyl (C=O) groups excluding carboxylic acids is 1. The lowest BCUT2D eigenvalue weighted by atomic mass is 9.90. The van der Waals surface area contributed by atoms with Crippen molar-refractivity contribution >= 4 is 27.5 Å².